The molecule has 32 heavy (non-hydrogen) atoms. The number of halogens is 1. The summed E-state index contributed by atoms with van der Waals surface area (Å²) < 4.78 is 5.19. The van der Waals surface area contributed by atoms with Crippen LogP contribution in [0.15, 0.2) is 73.1 Å². The highest BCUT2D eigenvalue weighted by atomic mass is 35.5. The largest absolute Gasteiger partial charge is 0.385 e. The molecule has 5 heteroatoms. The Morgan fingerprint density at radius 3 is 2.53 bits per heavy atom. The van der Waals surface area contributed by atoms with Crippen LogP contribution in [0, 0.1) is 5.92 Å². The predicted molar refractivity (Wildman–Crippen MR) is 139 cm³/mol. The van der Waals surface area contributed by atoms with Crippen LogP contribution in [0.2, 0.25) is 5.02 Å². The molecule has 1 aliphatic heterocycles. The summed E-state index contributed by atoms with van der Waals surface area (Å²) in [6, 6.07) is 20.8. The Bertz CT molecular complexity index is 911. The number of pyridine rings is 1. The molecule has 3 nitrogen and oxygen atoms in total. The lowest BCUT2D eigenvalue weighted by molar-refractivity contribution is 0.195. The van der Waals surface area contributed by atoms with E-state index in [1.54, 1.807) is 19.5 Å². The van der Waals surface area contributed by atoms with Crippen molar-refractivity contribution >= 4 is 24.2 Å². The predicted octanol–water partition coefficient (Wildman–Crippen LogP) is 6.12. The molecule has 3 aromatic rings. The number of benzene rings is 2. The van der Waals surface area contributed by atoms with Crippen LogP contribution < -0.4 is 5.32 Å². The van der Waals surface area contributed by atoms with E-state index in [9.17, 15) is 0 Å². The zero-order chi connectivity index (χ0) is 22.6. The van der Waals surface area contributed by atoms with Crippen molar-refractivity contribution in [1.29, 1.82) is 0 Å². The Balaban J connectivity index is 0.000000416. The molecule has 1 N–H and O–H groups in total. The smallest absolute Gasteiger partial charge is 0.0465 e. The highest BCUT2D eigenvalue weighted by Crippen LogP contribution is 2.31. The lowest BCUT2D eigenvalue weighted by Gasteiger charge is -2.29. The number of thiol groups is 1. The molecule has 1 saturated heterocycles. The van der Waals surface area contributed by atoms with E-state index in [0.717, 1.165) is 50.4 Å². The van der Waals surface area contributed by atoms with Crippen molar-refractivity contribution in [2.75, 3.05) is 26.8 Å². The summed E-state index contributed by atoms with van der Waals surface area (Å²) in [6.07, 6.45) is 7.64. The average molecular weight is 469 g/mol. The monoisotopic (exact) mass is 468 g/mol. The van der Waals surface area contributed by atoms with Crippen LogP contribution in [0.25, 0.3) is 11.1 Å². The van der Waals surface area contributed by atoms with Gasteiger partial charge >= 0.3 is 0 Å². The summed E-state index contributed by atoms with van der Waals surface area (Å²) in [5, 5.41) is 4.79. The quantitative estimate of drug-likeness (QED) is 0.324. The van der Waals surface area contributed by atoms with Crippen molar-refractivity contribution < 1.29 is 4.74 Å². The number of rotatable bonds is 7. The Hall–Kier alpha value is -1.85. The van der Waals surface area contributed by atoms with Crippen LogP contribution in [0.1, 0.15) is 24.0 Å². The lowest BCUT2D eigenvalue weighted by Crippen LogP contribution is -2.38. The van der Waals surface area contributed by atoms with E-state index in [-0.39, 0.29) is 0 Å². The van der Waals surface area contributed by atoms with Crippen LogP contribution in [0.3, 0.4) is 0 Å². The molecule has 0 bridgehead atoms. The van der Waals surface area contributed by atoms with Crippen molar-refractivity contribution in [3.8, 4) is 11.1 Å². The fourth-order valence-corrected chi connectivity index (χ4v) is 4.62. The van der Waals surface area contributed by atoms with Gasteiger partial charge in [0.15, 0.2) is 0 Å². The second-order valence-corrected chi connectivity index (χ2v) is 9.18. The molecular weight excluding hydrogens is 436 g/mol. The topological polar surface area (TPSA) is 34.1 Å². The van der Waals surface area contributed by atoms with Gasteiger partial charge in [0.05, 0.1) is 0 Å². The first-order chi connectivity index (χ1) is 15.7. The normalized spacial score (nSPS) is 18.0. The fraction of sp³-hybridized carbons (Fsp3) is 0.370. The second-order valence-electron chi connectivity index (χ2n) is 8.11. The van der Waals surface area contributed by atoms with Crippen molar-refractivity contribution in [1.82, 2.24) is 10.3 Å². The number of aromatic nitrogens is 1. The summed E-state index contributed by atoms with van der Waals surface area (Å²) in [5.74, 6) is 0.539. The van der Waals surface area contributed by atoms with Crippen LogP contribution in [-0.4, -0.2) is 37.0 Å². The van der Waals surface area contributed by atoms with Gasteiger partial charge in [-0.1, -0.05) is 54.1 Å². The van der Waals surface area contributed by atoms with E-state index >= 15 is 0 Å². The van der Waals surface area contributed by atoms with Gasteiger partial charge in [0.25, 0.3) is 0 Å². The molecule has 0 aliphatic carbocycles. The third kappa shape index (κ3) is 7.63. The number of methoxy groups -OCH3 is 1. The second kappa shape index (κ2) is 13.6. The first-order valence-corrected chi connectivity index (χ1v) is 12.2. The molecule has 2 unspecified atom stereocenters. The molecule has 1 fully saturated rings. The molecule has 2 atom stereocenters. The molecule has 0 amide bonds. The molecule has 0 radical (unpaired) electrons. The molecule has 170 valence electrons. The highest BCUT2D eigenvalue weighted by Gasteiger charge is 2.23. The van der Waals surface area contributed by atoms with Crippen LogP contribution in [0.4, 0.5) is 0 Å². The third-order valence-electron chi connectivity index (χ3n) is 5.79. The van der Waals surface area contributed by atoms with E-state index in [2.05, 4.69) is 52.8 Å². The maximum Gasteiger partial charge on any atom is 0.0465 e. The maximum atomic E-state index is 6.66. The number of aryl methyl sites for hydroxylation is 1. The number of piperidine rings is 1. The van der Waals surface area contributed by atoms with Gasteiger partial charge in [0.1, 0.15) is 0 Å². The third-order valence-corrected chi connectivity index (χ3v) is 6.82. The molecular formula is C27H33ClN2OS. The molecule has 0 saturated carbocycles. The van der Waals surface area contributed by atoms with Crippen molar-refractivity contribution in [3.63, 3.8) is 0 Å². The van der Waals surface area contributed by atoms with Crippen molar-refractivity contribution in [2.45, 2.75) is 30.9 Å². The van der Waals surface area contributed by atoms with Gasteiger partial charge in [-0.3, -0.25) is 4.98 Å². The molecule has 1 aliphatic rings. The number of hydrogen-bond donors (Lipinski definition) is 2. The van der Waals surface area contributed by atoms with E-state index in [1.165, 1.54) is 22.3 Å². The van der Waals surface area contributed by atoms with Crippen LogP contribution in [-0.2, 0) is 17.6 Å². The van der Waals surface area contributed by atoms with Gasteiger partial charge in [-0.25, -0.2) is 0 Å². The molecule has 4 rings (SSSR count). The first kappa shape index (κ1) is 24.8. The maximum absolute atomic E-state index is 6.66. The minimum Gasteiger partial charge on any atom is -0.385 e. The standard InChI is InChI=1S/C22H28ClNOS.C5H5N/c1-25-12-4-6-16-5-2-3-7-20(16)17-8-9-18(21(23)14-17)13-19-15-24-11-10-22(19)26;1-2-4-6-5-3-1/h2-3,5,7-9,14,19,22,24,26H,4,6,10-13,15H2,1H3;1-5H. The molecule has 2 aromatic carbocycles. The Kier molecular flexibility index (Phi) is 10.6. The zero-order valence-corrected chi connectivity index (χ0v) is 20.4. The van der Waals surface area contributed by atoms with Gasteiger partial charge in [-0.05, 0) is 85.1 Å². The van der Waals surface area contributed by atoms with Crippen LogP contribution >= 0.6 is 24.2 Å². The summed E-state index contributed by atoms with van der Waals surface area (Å²) in [7, 11) is 1.75. The summed E-state index contributed by atoms with van der Waals surface area (Å²) in [4.78, 5) is 3.78. The van der Waals surface area contributed by atoms with Gasteiger partial charge in [-0.15, -0.1) is 0 Å². The van der Waals surface area contributed by atoms with Gasteiger partial charge in [0, 0.05) is 36.4 Å². The minimum absolute atomic E-state index is 0.452. The van der Waals surface area contributed by atoms with Gasteiger partial charge < -0.3 is 10.1 Å². The van der Waals surface area contributed by atoms with Crippen LogP contribution in [0.5, 0.6) is 0 Å². The lowest BCUT2D eigenvalue weighted by atomic mass is 9.90. The number of hydrogen-bond acceptors (Lipinski definition) is 4. The van der Waals surface area contributed by atoms with E-state index < -0.39 is 0 Å². The Labute approximate surface area is 203 Å². The summed E-state index contributed by atoms with van der Waals surface area (Å²) in [5.41, 5.74) is 5.03. The molecule has 1 aromatic heterocycles. The SMILES string of the molecule is COCCCc1ccccc1-c1ccc(CC2CNCCC2S)c(Cl)c1.c1ccncc1. The highest BCUT2D eigenvalue weighted by molar-refractivity contribution is 7.81. The van der Waals surface area contributed by atoms with E-state index in [1.807, 2.05) is 18.2 Å². The Morgan fingerprint density at radius 2 is 1.88 bits per heavy atom. The van der Waals surface area contributed by atoms with E-state index in [4.69, 9.17) is 29.0 Å². The fourth-order valence-electron chi connectivity index (χ4n) is 4.02. The average Bonchev–Trinajstić information content (AvgIpc) is 2.84. The summed E-state index contributed by atoms with van der Waals surface area (Å²) in [6.45, 7) is 2.88. The summed E-state index contributed by atoms with van der Waals surface area (Å²) >= 11 is 11.4. The van der Waals surface area contributed by atoms with E-state index in [0.29, 0.717) is 11.2 Å². The van der Waals surface area contributed by atoms with Gasteiger partial charge in [0.2, 0.25) is 0 Å². The van der Waals surface area contributed by atoms with Gasteiger partial charge in [-0.2, -0.15) is 12.6 Å². The number of nitrogens with zero attached hydrogens (tertiary/aromatic N) is 1. The molecule has 2 heterocycles. The first-order valence-electron chi connectivity index (χ1n) is 11.3. The number of ether oxygens (including phenoxy) is 1. The Morgan fingerprint density at radius 1 is 1.06 bits per heavy atom. The van der Waals surface area contributed by atoms with Crippen molar-refractivity contribution in [3.05, 3.63) is 89.2 Å². The number of nitrogens with one attached hydrogen (secondary N) is 1. The van der Waals surface area contributed by atoms with Crippen molar-refractivity contribution in [2.24, 2.45) is 5.92 Å². The molecule has 0 spiro atoms. The zero-order valence-electron chi connectivity index (χ0n) is 18.7. The minimum atomic E-state index is 0.452.